The maximum Gasteiger partial charge on any atom is 0.252 e. The van der Waals surface area contributed by atoms with E-state index < -0.39 is 0 Å². The number of aryl methyl sites for hydroxylation is 4. The van der Waals surface area contributed by atoms with Crippen molar-refractivity contribution < 1.29 is 4.79 Å². The van der Waals surface area contributed by atoms with E-state index in [9.17, 15) is 4.79 Å². The van der Waals surface area contributed by atoms with Gasteiger partial charge in [-0.1, -0.05) is 41.5 Å². The van der Waals surface area contributed by atoms with Crippen molar-refractivity contribution >= 4 is 16.8 Å². The number of nitrogens with one attached hydrogen (secondary N) is 1. The Morgan fingerprint density at radius 1 is 1.00 bits per heavy atom. The van der Waals surface area contributed by atoms with Gasteiger partial charge in [-0.3, -0.25) is 9.78 Å². The Morgan fingerprint density at radius 3 is 2.54 bits per heavy atom. The molecule has 3 aromatic rings. The van der Waals surface area contributed by atoms with Crippen LogP contribution in [0.5, 0.6) is 0 Å². The number of carbonyl (C=O) groups excluding carboxylic acids is 1. The minimum absolute atomic E-state index is 0.0583. The van der Waals surface area contributed by atoms with Crippen LogP contribution < -0.4 is 5.32 Å². The van der Waals surface area contributed by atoms with Crippen LogP contribution in [0.2, 0.25) is 0 Å². The Morgan fingerprint density at radius 2 is 1.79 bits per heavy atom. The minimum atomic E-state index is -0.0583. The van der Waals surface area contributed by atoms with Gasteiger partial charge >= 0.3 is 0 Å². The molecule has 3 nitrogen and oxygen atoms in total. The van der Waals surface area contributed by atoms with E-state index in [1.807, 2.05) is 45.0 Å². The average molecular weight is 318 g/mol. The van der Waals surface area contributed by atoms with E-state index in [-0.39, 0.29) is 5.91 Å². The number of fused-ring (bicyclic) bond motifs is 1. The van der Waals surface area contributed by atoms with Crippen LogP contribution in [0.1, 0.15) is 38.3 Å². The summed E-state index contributed by atoms with van der Waals surface area (Å²) < 4.78 is 0. The monoisotopic (exact) mass is 318 g/mol. The highest BCUT2D eigenvalue weighted by Crippen LogP contribution is 2.23. The Bertz CT molecular complexity index is 929. The van der Waals surface area contributed by atoms with Crippen LogP contribution >= 0.6 is 0 Å². The Hall–Kier alpha value is -2.68. The van der Waals surface area contributed by atoms with Crippen molar-refractivity contribution in [2.45, 2.75) is 34.2 Å². The van der Waals surface area contributed by atoms with Crippen molar-refractivity contribution in [1.82, 2.24) is 10.3 Å². The second-order valence-electron chi connectivity index (χ2n) is 6.46. The van der Waals surface area contributed by atoms with Gasteiger partial charge in [0.2, 0.25) is 0 Å². The van der Waals surface area contributed by atoms with Crippen molar-refractivity contribution in [2.75, 3.05) is 0 Å². The highest BCUT2D eigenvalue weighted by Gasteiger charge is 2.13. The molecular weight excluding hydrogens is 296 g/mol. The van der Waals surface area contributed by atoms with Gasteiger partial charge in [-0.25, -0.2) is 0 Å². The normalized spacial score (nSPS) is 10.8. The number of rotatable bonds is 3. The van der Waals surface area contributed by atoms with Crippen LogP contribution in [0, 0.1) is 27.7 Å². The molecule has 0 aliphatic heterocycles. The molecule has 0 radical (unpaired) electrons. The van der Waals surface area contributed by atoms with Gasteiger partial charge < -0.3 is 5.32 Å². The molecule has 0 unspecified atom stereocenters. The van der Waals surface area contributed by atoms with Gasteiger partial charge in [0, 0.05) is 17.6 Å². The first kappa shape index (κ1) is 16.2. The summed E-state index contributed by atoms with van der Waals surface area (Å²) in [6, 6.07) is 14.2. The van der Waals surface area contributed by atoms with Gasteiger partial charge in [-0.05, 0) is 51.0 Å². The highest BCUT2D eigenvalue weighted by molar-refractivity contribution is 6.07. The molecular formula is C21H22N2O. The third-order valence-electron chi connectivity index (χ3n) is 4.16. The molecule has 0 saturated heterocycles. The van der Waals surface area contributed by atoms with E-state index in [0.717, 1.165) is 33.3 Å². The Kier molecular flexibility index (Phi) is 4.34. The van der Waals surface area contributed by atoms with Gasteiger partial charge in [-0.15, -0.1) is 0 Å². The highest BCUT2D eigenvalue weighted by atomic mass is 16.1. The molecule has 122 valence electrons. The summed E-state index contributed by atoms with van der Waals surface area (Å²) in [5, 5.41) is 3.95. The van der Waals surface area contributed by atoms with Crippen molar-refractivity contribution in [2.24, 2.45) is 0 Å². The van der Waals surface area contributed by atoms with Crippen LogP contribution in [0.3, 0.4) is 0 Å². The third kappa shape index (κ3) is 3.30. The minimum Gasteiger partial charge on any atom is -0.348 e. The van der Waals surface area contributed by atoms with E-state index in [2.05, 4.69) is 35.4 Å². The largest absolute Gasteiger partial charge is 0.348 e. The van der Waals surface area contributed by atoms with E-state index in [4.69, 9.17) is 0 Å². The average Bonchev–Trinajstić information content (AvgIpc) is 2.53. The Labute approximate surface area is 142 Å². The standard InChI is InChI=1S/C21H22N2O/c1-13-6-5-7-17(9-13)12-22-21(24)19-11-16(4)23-20-15(3)8-14(2)10-18(19)20/h5-11H,12H2,1-4H3,(H,22,24). The molecule has 1 aromatic heterocycles. The summed E-state index contributed by atoms with van der Waals surface area (Å²) in [7, 11) is 0. The predicted octanol–water partition coefficient (Wildman–Crippen LogP) is 4.40. The fraction of sp³-hybridized carbons (Fsp3) is 0.238. The second-order valence-corrected chi connectivity index (χ2v) is 6.46. The summed E-state index contributed by atoms with van der Waals surface area (Å²) in [5.74, 6) is -0.0583. The molecule has 0 bridgehead atoms. The molecule has 1 amide bonds. The molecule has 24 heavy (non-hydrogen) atoms. The van der Waals surface area contributed by atoms with E-state index in [1.165, 1.54) is 5.56 Å². The number of hydrogen-bond donors (Lipinski definition) is 1. The molecule has 1 heterocycles. The van der Waals surface area contributed by atoms with Gasteiger partial charge in [0.05, 0.1) is 11.1 Å². The van der Waals surface area contributed by atoms with E-state index in [1.54, 1.807) is 0 Å². The van der Waals surface area contributed by atoms with E-state index in [0.29, 0.717) is 12.1 Å². The summed E-state index contributed by atoms with van der Waals surface area (Å²) >= 11 is 0. The van der Waals surface area contributed by atoms with Crippen LogP contribution in [0.4, 0.5) is 0 Å². The van der Waals surface area contributed by atoms with Crippen LogP contribution in [0.15, 0.2) is 42.5 Å². The van der Waals surface area contributed by atoms with Gasteiger partial charge in [0.1, 0.15) is 0 Å². The first-order chi connectivity index (χ1) is 11.4. The van der Waals surface area contributed by atoms with Crippen LogP contribution in [-0.4, -0.2) is 10.9 Å². The lowest BCUT2D eigenvalue weighted by Gasteiger charge is -2.12. The van der Waals surface area contributed by atoms with Crippen molar-refractivity contribution in [3.63, 3.8) is 0 Å². The maximum absolute atomic E-state index is 12.8. The van der Waals surface area contributed by atoms with Crippen molar-refractivity contribution in [1.29, 1.82) is 0 Å². The molecule has 0 aliphatic carbocycles. The summed E-state index contributed by atoms with van der Waals surface area (Å²) in [4.78, 5) is 17.4. The van der Waals surface area contributed by atoms with Crippen molar-refractivity contribution in [3.8, 4) is 0 Å². The molecule has 0 saturated carbocycles. The fourth-order valence-electron chi connectivity index (χ4n) is 3.10. The molecule has 2 aromatic carbocycles. The smallest absolute Gasteiger partial charge is 0.252 e. The van der Waals surface area contributed by atoms with Gasteiger partial charge in [-0.2, -0.15) is 0 Å². The third-order valence-corrected chi connectivity index (χ3v) is 4.16. The topological polar surface area (TPSA) is 42.0 Å². The SMILES string of the molecule is Cc1cccc(CNC(=O)c2cc(C)nc3c(C)cc(C)cc23)c1. The second kappa shape index (κ2) is 6.44. The molecule has 3 rings (SSSR count). The number of nitrogens with zero attached hydrogens (tertiary/aromatic N) is 1. The number of amides is 1. The summed E-state index contributed by atoms with van der Waals surface area (Å²) in [6.45, 7) is 8.58. The Balaban J connectivity index is 1.94. The molecule has 0 spiro atoms. The zero-order chi connectivity index (χ0) is 17.3. The number of carbonyl (C=O) groups is 1. The zero-order valence-corrected chi connectivity index (χ0v) is 14.6. The lowest BCUT2D eigenvalue weighted by Crippen LogP contribution is -2.23. The van der Waals surface area contributed by atoms with Crippen LogP contribution in [-0.2, 0) is 6.54 Å². The first-order valence-corrected chi connectivity index (χ1v) is 8.16. The van der Waals surface area contributed by atoms with Crippen molar-refractivity contribution in [3.05, 3.63) is 76.0 Å². The maximum atomic E-state index is 12.8. The molecule has 0 aliphatic rings. The molecule has 3 heteroatoms. The van der Waals surface area contributed by atoms with Crippen LogP contribution in [0.25, 0.3) is 10.9 Å². The molecule has 0 fully saturated rings. The molecule has 1 N–H and O–H groups in total. The fourth-order valence-corrected chi connectivity index (χ4v) is 3.10. The number of hydrogen-bond acceptors (Lipinski definition) is 2. The predicted molar refractivity (Wildman–Crippen MR) is 98.3 cm³/mol. The lowest BCUT2D eigenvalue weighted by molar-refractivity contribution is 0.0952. The number of pyridine rings is 1. The number of benzene rings is 2. The summed E-state index contributed by atoms with van der Waals surface area (Å²) in [5.41, 5.74) is 6.98. The first-order valence-electron chi connectivity index (χ1n) is 8.16. The van der Waals surface area contributed by atoms with E-state index >= 15 is 0 Å². The quantitative estimate of drug-likeness (QED) is 0.778. The summed E-state index contributed by atoms with van der Waals surface area (Å²) in [6.07, 6.45) is 0. The van der Waals surface area contributed by atoms with Gasteiger partial charge in [0.15, 0.2) is 0 Å². The number of aromatic nitrogens is 1. The van der Waals surface area contributed by atoms with Gasteiger partial charge in [0.25, 0.3) is 5.91 Å². The zero-order valence-electron chi connectivity index (χ0n) is 14.6. The molecule has 0 atom stereocenters. The lowest BCUT2D eigenvalue weighted by atomic mass is 10.0.